The third kappa shape index (κ3) is 3.58. The van der Waals surface area contributed by atoms with Gasteiger partial charge >= 0.3 is 109 Å². The van der Waals surface area contributed by atoms with Gasteiger partial charge in [-0.05, 0) is 0 Å². The van der Waals surface area contributed by atoms with E-state index in [0.717, 1.165) is 19.3 Å². The molecule has 0 saturated carbocycles. The van der Waals surface area contributed by atoms with Crippen molar-refractivity contribution >= 4 is 25.4 Å². The molecular formula is C14H18O2Se. The number of rotatable bonds is 5. The standard InChI is InChI=1S/C14H18O2Se/c1-2-3-7-11-10-13(14(15)16-11)17-12-8-5-4-6-9-12/h4-6,8-9,11,13H,2-3,7,10H2,1H3. The zero-order valence-electron chi connectivity index (χ0n) is 10.1. The topological polar surface area (TPSA) is 26.3 Å². The summed E-state index contributed by atoms with van der Waals surface area (Å²) in [5.41, 5.74) is 0. The summed E-state index contributed by atoms with van der Waals surface area (Å²) in [6.45, 7) is 2.17. The van der Waals surface area contributed by atoms with Gasteiger partial charge in [-0.3, -0.25) is 0 Å². The number of benzene rings is 1. The van der Waals surface area contributed by atoms with Crippen molar-refractivity contribution in [2.75, 3.05) is 0 Å². The molecule has 0 aliphatic carbocycles. The molecular weight excluding hydrogens is 279 g/mol. The molecule has 0 N–H and O–H groups in total. The van der Waals surface area contributed by atoms with E-state index in [0.29, 0.717) is 0 Å². The molecule has 1 fully saturated rings. The van der Waals surface area contributed by atoms with E-state index in [1.807, 2.05) is 18.2 Å². The molecule has 0 bridgehead atoms. The molecule has 0 amide bonds. The van der Waals surface area contributed by atoms with Crippen molar-refractivity contribution in [2.45, 2.75) is 43.5 Å². The van der Waals surface area contributed by atoms with Crippen LogP contribution in [0.15, 0.2) is 30.3 Å². The minimum atomic E-state index is 0.0231. The van der Waals surface area contributed by atoms with Gasteiger partial charge in [0.2, 0.25) is 0 Å². The average Bonchev–Trinajstić information content (AvgIpc) is 2.69. The Labute approximate surface area is 109 Å². The van der Waals surface area contributed by atoms with Crippen molar-refractivity contribution in [3.8, 4) is 0 Å². The van der Waals surface area contributed by atoms with Crippen LogP contribution in [-0.2, 0) is 9.53 Å². The van der Waals surface area contributed by atoms with Crippen LogP contribution in [0.2, 0.25) is 4.82 Å². The van der Waals surface area contributed by atoms with Gasteiger partial charge in [0.05, 0.1) is 0 Å². The fourth-order valence-corrected chi connectivity index (χ4v) is 4.31. The van der Waals surface area contributed by atoms with E-state index < -0.39 is 0 Å². The van der Waals surface area contributed by atoms with Crippen molar-refractivity contribution in [2.24, 2.45) is 0 Å². The van der Waals surface area contributed by atoms with Crippen molar-refractivity contribution in [1.82, 2.24) is 0 Å². The molecule has 1 saturated heterocycles. The Kier molecular flexibility index (Phi) is 4.64. The SMILES string of the molecule is CCCCC1CC([Se]c2ccccc2)C(=O)O1. The van der Waals surface area contributed by atoms with Gasteiger partial charge in [-0.1, -0.05) is 0 Å². The van der Waals surface area contributed by atoms with Crippen molar-refractivity contribution in [1.29, 1.82) is 0 Å². The van der Waals surface area contributed by atoms with Crippen molar-refractivity contribution in [3.63, 3.8) is 0 Å². The molecule has 1 heterocycles. The second-order valence-electron chi connectivity index (χ2n) is 4.36. The number of carbonyl (C=O) groups excluding carboxylic acids is 1. The molecule has 2 rings (SSSR count). The molecule has 17 heavy (non-hydrogen) atoms. The summed E-state index contributed by atoms with van der Waals surface area (Å²) >= 11 is 0.222. The van der Waals surface area contributed by atoms with E-state index in [9.17, 15) is 4.79 Å². The summed E-state index contributed by atoms with van der Waals surface area (Å²) in [6, 6.07) is 10.3. The average molecular weight is 297 g/mol. The Hall–Kier alpha value is -0.791. The second-order valence-corrected chi connectivity index (χ2v) is 7.03. The predicted molar refractivity (Wildman–Crippen MR) is 69.6 cm³/mol. The predicted octanol–water partition coefficient (Wildman–Crippen LogP) is 2.31. The number of unbranched alkanes of at least 4 members (excludes halogenated alkanes) is 1. The number of cyclic esters (lactones) is 1. The van der Waals surface area contributed by atoms with Crippen LogP contribution >= 0.6 is 0 Å². The molecule has 2 atom stereocenters. The molecule has 0 spiro atoms. The van der Waals surface area contributed by atoms with Crippen LogP contribution in [0.4, 0.5) is 0 Å². The number of hydrogen-bond acceptors (Lipinski definition) is 2. The molecule has 0 aromatic heterocycles. The second kappa shape index (κ2) is 6.23. The van der Waals surface area contributed by atoms with Gasteiger partial charge < -0.3 is 0 Å². The number of esters is 1. The van der Waals surface area contributed by atoms with Gasteiger partial charge in [0, 0.05) is 0 Å². The first-order valence-corrected chi connectivity index (χ1v) is 8.06. The molecule has 1 aliphatic heterocycles. The van der Waals surface area contributed by atoms with E-state index in [2.05, 4.69) is 19.1 Å². The van der Waals surface area contributed by atoms with Gasteiger partial charge in [-0.25, -0.2) is 0 Å². The zero-order chi connectivity index (χ0) is 12.1. The van der Waals surface area contributed by atoms with Gasteiger partial charge in [-0.2, -0.15) is 0 Å². The Balaban J connectivity index is 1.88. The number of hydrogen-bond donors (Lipinski definition) is 0. The Bertz CT molecular complexity index is 364. The third-order valence-corrected chi connectivity index (χ3v) is 5.47. The summed E-state index contributed by atoms with van der Waals surface area (Å²) in [4.78, 5) is 11.9. The van der Waals surface area contributed by atoms with E-state index in [1.165, 1.54) is 10.9 Å². The minimum absolute atomic E-state index is 0.0231. The normalized spacial score (nSPS) is 23.7. The van der Waals surface area contributed by atoms with E-state index >= 15 is 0 Å². The van der Waals surface area contributed by atoms with Crippen LogP contribution in [0.1, 0.15) is 32.6 Å². The maximum atomic E-state index is 11.7. The van der Waals surface area contributed by atoms with Gasteiger partial charge in [0.15, 0.2) is 0 Å². The third-order valence-electron chi connectivity index (χ3n) is 2.92. The fraction of sp³-hybridized carbons (Fsp3) is 0.500. The van der Waals surface area contributed by atoms with Crippen LogP contribution in [0.3, 0.4) is 0 Å². The van der Waals surface area contributed by atoms with Gasteiger partial charge in [0.1, 0.15) is 0 Å². The summed E-state index contributed by atoms with van der Waals surface area (Å²) in [5.74, 6) is 0.0231. The summed E-state index contributed by atoms with van der Waals surface area (Å²) in [7, 11) is 0. The first-order chi connectivity index (χ1) is 8.29. The fourth-order valence-electron chi connectivity index (χ4n) is 1.99. The quantitative estimate of drug-likeness (QED) is 0.616. The van der Waals surface area contributed by atoms with E-state index in [-0.39, 0.29) is 31.8 Å². The summed E-state index contributed by atoms with van der Waals surface area (Å²) < 4.78 is 6.71. The monoisotopic (exact) mass is 298 g/mol. The van der Waals surface area contributed by atoms with Crippen LogP contribution < -0.4 is 4.46 Å². The molecule has 0 radical (unpaired) electrons. The zero-order valence-corrected chi connectivity index (χ0v) is 11.8. The molecule has 1 aromatic carbocycles. The van der Waals surface area contributed by atoms with Gasteiger partial charge in [0.25, 0.3) is 0 Å². The van der Waals surface area contributed by atoms with Crippen molar-refractivity contribution in [3.05, 3.63) is 30.3 Å². The van der Waals surface area contributed by atoms with E-state index in [4.69, 9.17) is 4.74 Å². The number of carbonyl (C=O) groups is 1. The molecule has 3 heteroatoms. The van der Waals surface area contributed by atoms with E-state index in [1.54, 1.807) is 0 Å². The van der Waals surface area contributed by atoms with Crippen molar-refractivity contribution < 1.29 is 9.53 Å². The van der Waals surface area contributed by atoms with Crippen LogP contribution in [0, 0.1) is 0 Å². The Morgan fingerprint density at radius 1 is 1.35 bits per heavy atom. The van der Waals surface area contributed by atoms with Crippen LogP contribution in [-0.4, -0.2) is 27.0 Å². The first kappa shape index (κ1) is 12.7. The van der Waals surface area contributed by atoms with Crippen LogP contribution in [0.25, 0.3) is 0 Å². The first-order valence-electron chi connectivity index (χ1n) is 6.21. The Morgan fingerprint density at radius 2 is 2.12 bits per heavy atom. The maximum absolute atomic E-state index is 11.7. The van der Waals surface area contributed by atoms with Crippen LogP contribution in [0.5, 0.6) is 0 Å². The molecule has 2 unspecified atom stereocenters. The summed E-state index contributed by atoms with van der Waals surface area (Å²) in [5, 5.41) is 0. The Morgan fingerprint density at radius 3 is 2.82 bits per heavy atom. The molecule has 1 aliphatic rings. The molecule has 2 nitrogen and oxygen atoms in total. The molecule has 1 aromatic rings. The number of ether oxygens (including phenoxy) is 1. The molecule has 92 valence electrons. The van der Waals surface area contributed by atoms with Gasteiger partial charge in [-0.15, -0.1) is 0 Å². The summed E-state index contributed by atoms with van der Waals surface area (Å²) in [6.07, 6.45) is 4.46.